The molecular weight excluding hydrogens is 464 g/mol. The third kappa shape index (κ3) is 5.01. The number of benzene rings is 3. The number of hydrogen-bond acceptors (Lipinski definition) is 6. The van der Waals surface area contributed by atoms with Crippen molar-refractivity contribution in [3.63, 3.8) is 0 Å². The lowest BCUT2D eigenvalue weighted by molar-refractivity contribution is -0.116. The number of hydrogen-bond donors (Lipinski definition) is 2. The van der Waals surface area contributed by atoms with Gasteiger partial charge in [0.1, 0.15) is 5.75 Å². The minimum absolute atomic E-state index is 0.0283. The van der Waals surface area contributed by atoms with Crippen molar-refractivity contribution in [2.24, 2.45) is 0 Å². The zero-order valence-electron chi connectivity index (χ0n) is 21.7. The number of methoxy groups -OCH3 is 2. The molecule has 1 aliphatic carbocycles. The van der Waals surface area contributed by atoms with Crippen LogP contribution < -0.4 is 24.8 Å². The van der Waals surface area contributed by atoms with Crippen LogP contribution in [0.2, 0.25) is 0 Å². The fraction of sp³-hybridized carbons (Fsp3) is 0.323. The summed E-state index contributed by atoms with van der Waals surface area (Å²) in [5, 5.41) is 7.28. The Balaban J connectivity index is 1.56. The van der Waals surface area contributed by atoms with Crippen LogP contribution in [0.15, 0.2) is 78.0 Å². The summed E-state index contributed by atoms with van der Waals surface area (Å²) in [5.74, 6) is 2.32. The summed E-state index contributed by atoms with van der Waals surface area (Å²) in [6.45, 7) is 2.80. The van der Waals surface area contributed by atoms with Crippen molar-refractivity contribution in [3.05, 3.63) is 89.1 Å². The second-order valence-corrected chi connectivity index (χ2v) is 9.52. The SMILES string of the molecule is CCCCOc1ccccc1C1Nc2ccccc2NC2=C1C(=O)CC(c1ccc(OC)c(OC)c1)C2. The van der Waals surface area contributed by atoms with Gasteiger partial charge in [-0.25, -0.2) is 0 Å². The third-order valence-electron chi connectivity index (χ3n) is 7.17. The van der Waals surface area contributed by atoms with Crippen LogP contribution in [-0.4, -0.2) is 26.6 Å². The molecule has 3 aromatic carbocycles. The van der Waals surface area contributed by atoms with E-state index in [1.807, 2.05) is 60.7 Å². The van der Waals surface area contributed by atoms with Gasteiger partial charge in [-0.05, 0) is 54.7 Å². The summed E-state index contributed by atoms with van der Waals surface area (Å²) in [4.78, 5) is 13.9. The standard InChI is InChI=1S/C31H34N2O4/c1-4-5-16-37-27-13-9-6-10-22(27)31-30-25(32-23-11-7-8-12-24(23)33-31)17-21(18-26(30)34)20-14-15-28(35-2)29(19-20)36-3/h6-15,19,21,31-33H,4-5,16-18H2,1-3H3. The molecule has 0 saturated carbocycles. The number of nitrogens with one attached hydrogen (secondary N) is 2. The molecular formula is C31H34N2O4. The first-order valence-electron chi connectivity index (χ1n) is 12.9. The third-order valence-corrected chi connectivity index (χ3v) is 7.17. The van der Waals surface area contributed by atoms with Crippen LogP contribution in [0.25, 0.3) is 0 Å². The molecule has 0 radical (unpaired) electrons. The highest BCUT2D eigenvalue weighted by Gasteiger charge is 2.37. The Bertz CT molecular complexity index is 1320. The number of Topliss-reactive ketones (excluding diaryl/α,β-unsaturated/α-hetero) is 1. The van der Waals surface area contributed by atoms with Gasteiger partial charge in [0.15, 0.2) is 17.3 Å². The first-order valence-corrected chi connectivity index (χ1v) is 12.9. The fourth-order valence-electron chi connectivity index (χ4n) is 5.24. The van der Waals surface area contributed by atoms with E-state index in [2.05, 4.69) is 23.6 Å². The van der Waals surface area contributed by atoms with E-state index >= 15 is 0 Å². The molecule has 0 fully saturated rings. The summed E-state index contributed by atoms with van der Waals surface area (Å²) in [5.41, 5.74) is 5.68. The number of carbonyl (C=O) groups excluding carboxylic acids is 1. The molecule has 1 heterocycles. The average molecular weight is 499 g/mol. The van der Waals surface area contributed by atoms with Crippen molar-refractivity contribution >= 4 is 17.2 Å². The van der Waals surface area contributed by atoms with E-state index in [0.29, 0.717) is 30.9 Å². The summed E-state index contributed by atoms with van der Waals surface area (Å²) >= 11 is 0. The van der Waals surface area contributed by atoms with E-state index < -0.39 is 0 Å². The van der Waals surface area contributed by atoms with Crippen molar-refractivity contribution < 1.29 is 19.0 Å². The smallest absolute Gasteiger partial charge is 0.163 e. The van der Waals surface area contributed by atoms with Crippen LogP contribution in [0.1, 0.15) is 55.7 Å². The Labute approximate surface area is 218 Å². The number of para-hydroxylation sites is 3. The number of ether oxygens (including phenoxy) is 3. The summed E-state index contributed by atoms with van der Waals surface area (Å²) < 4.78 is 17.1. The number of allylic oxidation sites excluding steroid dienone is 1. The van der Waals surface area contributed by atoms with Gasteiger partial charge in [0.25, 0.3) is 0 Å². The number of anilines is 2. The van der Waals surface area contributed by atoms with Crippen molar-refractivity contribution in [2.45, 2.75) is 44.6 Å². The highest BCUT2D eigenvalue weighted by atomic mass is 16.5. The molecule has 6 heteroatoms. The monoisotopic (exact) mass is 498 g/mol. The Morgan fingerprint density at radius 3 is 2.41 bits per heavy atom. The van der Waals surface area contributed by atoms with Crippen LogP contribution in [0.3, 0.4) is 0 Å². The van der Waals surface area contributed by atoms with Crippen LogP contribution in [-0.2, 0) is 4.79 Å². The average Bonchev–Trinajstić information content (AvgIpc) is 3.10. The molecule has 37 heavy (non-hydrogen) atoms. The maximum Gasteiger partial charge on any atom is 0.163 e. The quantitative estimate of drug-likeness (QED) is 0.331. The lowest BCUT2D eigenvalue weighted by Gasteiger charge is -2.30. The van der Waals surface area contributed by atoms with Crippen LogP contribution >= 0.6 is 0 Å². The largest absolute Gasteiger partial charge is 0.493 e. The molecule has 0 aromatic heterocycles. The molecule has 0 amide bonds. The first kappa shape index (κ1) is 24.8. The second kappa shape index (κ2) is 11.0. The Morgan fingerprint density at radius 2 is 1.62 bits per heavy atom. The van der Waals surface area contributed by atoms with Gasteiger partial charge in [-0.1, -0.05) is 49.7 Å². The highest BCUT2D eigenvalue weighted by Crippen LogP contribution is 2.46. The predicted octanol–water partition coefficient (Wildman–Crippen LogP) is 6.86. The number of carbonyl (C=O) groups is 1. The molecule has 2 N–H and O–H groups in total. The predicted molar refractivity (Wildman–Crippen MR) is 147 cm³/mol. The zero-order valence-corrected chi connectivity index (χ0v) is 21.7. The van der Waals surface area contributed by atoms with E-state index in [4.69, 9.17) is 14.2 Å². The van der Waals surface area contributed by atoms with Gasteiger partial charge in [0, 0.05) is 23.3 Å². The van der Waals surface area contributed by atoms with E-state index in [9.17, 15) is 4.79 Å². The lowest BCUT2D eigenvalue weighted by atomic mass is 9.78. The molecule has 3 aromatic rings. The fourth-order valence-corrected chi connectivity index (χ4v) is 5.24. The molecule has 5 rings (SSSR count). The van der Waals surface area contributed by atoms with Crippen LogP contribution in [0.5, 0.6) is 17.2 Å². The van der Waals surface area contributed by atoms with Crippen molar-refractivity contribution in [2.75, 3.05) is 31.5 Å². The van der Waals surface area contributed by atoms with Gasteiger partial charge >= 0.3 is 0 Å². The first-order chi connectivity index (χ1) is 18.1. The van der Waals surface area contributed by atoms with Gasteiger partial charge < -0.3 is 24.8 Å². The number of rotatable bonds is 8. The molecule has 6 nitrogen and oxygen atoms in total. The molecule has 1 aliphatic heterocycles. The molecule has 2 aliphatic rings. The van der Waals surface area contributed by atoms with Crippen LogP contribution in [0, 0.1) is 0 Å². The number of fused-ring (bicyclic) bond motifs is 1. The topological polar surface area (TPSA) is 68.8 Å². The van der Waals surface area contributed by atoms with Crippen molar-refractivity contribution in [3.8, 4) is 17.2 Å². The molecule has 2 atom stereocenters. The minimum atomic E-state index is -0.317. The molecule has 0 bridgehead atoms. The van der Waals surface area contributed by atoms with Gasteiger partial charge in [-0.3, -0.25) is 4.79 Å². The van der Waals surface area contributed by atoms with Crippen molar-refractivity contribution in [1.29, 1.82) is 0 Å². The normalized spacial score (nSPS) is 18.6. The Morgan fingerprint density at radius 1 is 0.865 bits per heavy atom. The highest BCUT2D eigenvalue weighted by molar-refractivity contribution is 6.01. The lowest BCUT2D eigenvalue weighted by Crippen LogP contribution is -2.27. The van der Waals surface area contributed by atoms with Crippen molar-refractivity contribution in [1.82, 2.24) is 0 Å². The summed E-state index contributed by atoms with van der Waals surface area (Å²) in [6, 6.07) is 21.8. The van der Waals surface area contributed by atoms with Gasteiger partial charge in [-0.2, -0.15) is 0 Å². The van der Waals surface area contributed by atoms with E-state index in [0.717, 1.165) is 52.4 Å². The molecule has 192 valence electrons. The number of ketones is 1. The zero-order chi connectivity index (χ0) is 25.8. The number of unbranched alkanes of at least 4 members (excludes halogenated alkanes) is 1. The molecule has 0 saturated heterocycles. The maximum absolute atomic E-state index is 13.9. The summed E-state index contributed by atoms with van der Waals surface area (Å²) in [7, 11) is 3.26. The van der Waals surface area contributed by atoms with Gasteiger partial charge in [-0.15, -0.1) is 0 Å². The molecule has 2 unspecified atom stereocenters. The van der Waals surface area contributed by atoms with Gasteiger partial charge in [0.05, 0.1) is 38.2 Å². The Hall–Kier alpha value is -3.93. The van der Waals surface area contributed by atoms with E-state index in [1.54, 1.807) is 14.2 Å². The Kier molecular flexibility index (Phi) is 7.35. The van der Waals surface area contributed by atoms with Crippen LogP contribution in [0.4, 0.5) is 11.4 Å². The maximum atomic E-state index is 13.9. The minimum Gasteiger partial charge on any atom is -0.493 e. The molecule has 0 spiro atoms. The summed E-state index contributed by atoms with van der Waals surface area (Å²) in [6.07, 6.45) is 3.18. The second-order valence-electron chi connectivity index (χ2n) is 9.52. The van der Waals surface area contributed by atoms with E-state index in [-0.39, 0.29) is 17.7 Å². The van der Waals surface area contributed by atoms with Gasteiger partial charge in [0.2, 0.25) is 0 Å². The van der Waals surface area contributed by atoms with E-state index in [1.165, 1.54) is 0 Å².